The van der Waals surface area contributed by atoms with E-state index in [1.807, 2.05) is 37.3 Å². The molecule has 1 aromatic heterocycles. The Morgan fingerprint density at radius 3 is 2.39 bits per heavy atom. The Labute approximate surface area is 161 Å². The first-order chi connectivity index (χ1) is 13.5. The van der Waals surface area contributed by atoms with Crippen molar-refractivity contribution in [1.29, 1.82) is 0 Å². The fourth-order valence-electron chi connectivity index (χ4n) is 2.91. The lowest BCUT2D eigenvalue weighted by molar-refractivity contribution is -0.124. The molecule has 0 fully saturated rings. The summed E-state index contributed by atoms with van der Waals surface area (Å²) < 4.78 is 6.35. The highest BCUT2D eigenvalue weighted by Crippen LogP contribution is 2.14. The van der Waals surface area contributed by atoms with Gasteiger partial charge in [-0.3, -0.25) is 9.59 Å². The summed E-state index contributed by atoms with van der Waals surface area (Å²) >= 11 is 0. The molecule has 144 valence electrons. The molecule has 1 amide bonds. The minimum absolute atomic E-state index is 0.0148. The maximum atomic E-state index is 12.5. The highest BCUT2D eigenvalue weighted by molar-refractivity contribution is 6.02. The molecule has 0 bridgehead atoms. The van der Waals surface area contributed by atoms with E-state index in [0.29, 0.717) is 17.3 Å². The summed E-state index contributed by atoms with van der Waals surface area (Å²) in [5.41, 5.74) is 0.690. The number of nitrogens with one attached hydrogen (secondary N) is 1. The molecule has 0 aliphatic rings. The van der Waals surface area contributed by atoms with Gasteiger partial charge in [0.25, 0.3) is 11.5 Å². The van der Waals surface area contributed by atoms with Gasteiger partial charge in [-0.2, -0.15) is 5.10 Å². The minimum Gasteiger partial charge on any atom is -0.451 e. The second kappa shape index (κ2) is 8.47. The van der Waals surface area contributed by atoms with Gasteiger partial charge in [0, 0.05) is 11.9 Å². The topological polar surface area (TPSA) is 90.3 Å². The van der Waals surface area contributed by atoms with E-state index in [4.69, 9.17) is 4.74 Å². The maximum Gasteiger partial charge on any atom is 0.359 e. The predicted octanol–water partition coefficient (Wildman–Crippen LogP) is 2.45. The zero-order chi connectivity index (χ0) is 20.1. The Balaban J connectivity index is 1.72. The van der Waals surface area contributed by atoms with E-state index in [1.54, 1.807) is 31.2 Å². The van der Waals surface area contributed by atoms with Crippen molar-refractivity contribution in [3.63, 3.8) is 0 Å². The number of carbonyl (C=O) groups is 2. The van der Waals surface area contributed by atoms with Crippen molar-refractivity contribution in [2.75, 3.05) is 6.61 Å². The summed E-state index contributed by atoms with van der Waals surface area (Å²) in [5, 5.41) is 7.67. The quantitative estimate of drug-likeness (QED) is 0.665. The summed E-state index contributed by atoms with van der Waals surface area (Å²) in [6, 6.07) is 16.0. The number of carbonyl (C=O) groups excluding carboxylic acids is 2. The fraction of sp³-hybridized carbons (Fsp3) is 0.238. The Hall–Kier alpha value is -3.48. The second-order valence-corrected chi connectivity index (χ2v) is 6.29. The van der Waals surface area contributed by atoms with Crippen LogP contribution in [-0.2, 0) is 16.1 Å². The summed E-state index contributed by atoms with van der Waals surface area (Å²) in [6.07, 6.45) is 0. The standard InChI is InChI=1S/C21H21N3O4/c1-3-24-20(26)17-12-8-7-11-16(17)19(23-24)21(27)28-13-18(25)22-14(2)15-9-5-4-6-10-15/h4-12,14H,3,13H2,1-2H3,(H,22,25)/t14-/m0/s1. The van der Waals surface area contributed by atoms with E-state index in [0.717, 1.165) is 5.56 Å². The summed E-state index contributed by atoms with van der Waals surface area (Å²) in [7, 11) is 0. The molecule has 0 aliphatic heterocycles. The summed E-state index contributed by atoms with van der Waals surface area (Å²) in [5.74, 6) is -1.17. The lowest BCUT2D eigenvalue weighted by Gasteiger charge is -2.14. The molecular weight excluding hydrogens is 358 g/mol. The van der Waals surface area contributed by atoms with Gasteiger partial charge in [-0.1, -0.05) is 48.5 Å². The molecule has 0 saturated carbocycles. The SMILES string of the molecule is CCn1nc(C(=O)OCC(=O)N[C@@H](C)c2ccccc2)c2ccccc2c1=O. The fourth-order valence-corrected chi connectivity index (χ4v) is 2.91. The van der Waals surface area contributed by atoms with Crippen LogP contribution in [0.1, 0.15) is 35.9 Å². The number of amides is 1. The van der Waals surface area contributed by atoms with Crippen LogP contribution in [0.2, 0.25) is 0 Å². The zero-order valence-electron chi connectivity index (χ0n) is 15.7. The lowest BCUT2D eigenvalue weighted by atomic mass is 10.1. The Morgan fingerprint density at radius 2 is 1.71 bits per heavy atom. The highest BCUT2D eigenvalue weighted by atomic mass is 16.5. The number of ether oxygens (including phenoxy) is 1. The summed E-state index contributed by atoms with van der Waals surface area (Å²) in [6.45, 7) is 3.49. The lowest BCUT2D eigenvalue weighted by Crippen LogP contribution is -2.32. The van der Waals surface area contributed by atoms with E-state index >= 15 is 0 Å². The van der Waals surface area contributed by atoms with E-state index in [1.165, 1.54) is 4.68 Å². The van der Waals surface area contributed by atoms with Crippen LogP contribution in [0.15, 0.2) is 59.4 Å². The van der Waals surface area contributed by atoms with E-state index < -0.39 is 18.5 Å². The monoisotopic (exact) mass is 379 g/mol. The van der Waals surface area contributed by atoms with Crippen LogP contribution < -0.4 is 10.9 Å². The van der Waals surface area contributed by atoms with Crippen LogP contribution in [0.3, 0.4) is 0 Å². The number of rotatable bonds is 6. The van der Waals surface area contributed by atoms with Crippen LogP contribution in [-0.4, -0.2) is 28.3 Å². The minimum atomic E-state index is -0.749. The molecule has 7 heteroatoms. The van der Waals surface area contributed by atoms with Crippen molar-refractivity contribution in [3.05, 3.63) is 76.2 Å². The van der Waals surface area contributed by atoms with Gasteiger partial charge in [-0.25, -0.2) is 9.48 Å². The van der Waals surface area contributed by atoms with Gasteiger partial charge in [-0.15, -0.1) is 0 Å². The van der Waals surface area contributed by atoms with Crippen LogP contribution in [0.5, 0.6) is 0 Å². The Kier molecular flexibility index (Phi) is 5.84. The van der Waals surface area contributed by atoms with Gasteiger partial charge in [-0.05, 0) is 25.5 Å². The van der Waals surface area contributed by atoms with Crippen molar-refractivity contribution >= 4 is 22.6 Å². The van der Waals surface area contributed by atoms with Crippen LogP contribution in [0, 0.1) is 0 Å². The first-order valence-corrected chi connectivity index (χ1v) is 9.02. The van der Waals surface area contributed by atoms with Crippen molar-refractivity contribution in [3.8, 4) is 0 Å². The van der Waals surface area contributed by atoms with E-state index in [-0.39, 0.29) is 17.3 Å². The van der Waals surface area contributed by atoms with E-state index in [9.17, 15) is 14.4 Å². The molecule has 0 aliphatic carbocycles. The number of aryl methyl sites for hydroxylation is 1. The maximum absolute atomic E-state index is 12.5. The van der Waals surface area contributed by atoms with Gasteiger partial charge < -0.3 is 10.1 Å². The molecule has 3 aromatic rings. The third kappa shape index (κ3) is 4.09. The molecule has 28 heavy (non-hydrogen) atoms. The largest absolute Gasteiger partial charge is 0.451 e. The highest BCUT2D eigenvalue weighted by Gasteiger charge is 2.19. The molecule has 3 rings (SSSR count). The van der Waals surface area contributed by atoms with Gasteiger partial charge in [0.1, 0.15) is 0 Å². The number of hydrogen-bond acceptors (Lipinski definition) is 5. The van der Waals surface area contributed by atoms with Gasteiger partial charge >= 0.3 is 5.97 Å². The average Bonchev–Trinajstić information content (AvgIpc) is 2.73. The number of fused-ring (bicyclic) bond motifs is 1. The van der Waals surface area contributed by atoms with Crippen LogP contribution in [0.4, 0.5) is 0 Å². The summed E-state index contributed by atoms with van der Waals surface area (Å²) in [4.78, 5) is 37.0. The number of aromatic nitrogens is 2. The van der Waals surface area contributed by atoms with Crippen molar-refractivity contribution in [1.82, 2.24) is 15.1 Å². The third-order valence-electron chi connectivity index (χ3n) is 4.37. The third-order valence-corrected chi connectivity index (χ3v) is 4.37. The van der Waals surface area contributed by atoms with Crippen molar-refractivity contribution in [2.24, 2.45) is 0 Å². The van der Waals surface area contributed by atoms with E-state index in [2.05, 4.69) is 10.4 Å². The molecule has 1 N–H and O–H groups in total. The molecule has 0 radical (unpaired) electrons. The van der Waals surface area contributed by atoms with Crippen molar-refractivity contribution in [2.45, 2.75) is 26.4 Å². The Morgan fingerprint density at radius 1 is 1.07 bits per heavy atom. The van der Waals surface area contributed by atoms with Gasteiger partial charge in [0.05, 0.1) is 11.4 Å². The molecule has 0 unspecified atom stereocenters. The Bertz CT molecular complexity index is 1060. The predicted molar refractivity (Wildman–Crippen MR) is 105 cm³/mol. The molecule has 7 nitrogen and oxygen atoms in total. The molecule has 1 atom stereocenters. The van der Waals surface area contributed by atoms with Crippen molar-refractivity contribution < 1.29 is 14.3 Å². The first-order valence-electron chi connectivity index (χ1n) is 9.02. The normalized spacial score (nSPS) is 11.8. The molecule has 0 spiro atoms. The van der Waals surface area contributed by atoms with Crippen LogP contribution >= 0.6 is 0 Å². The molecular formula is C21H21N3O4. The smallest absolute Gasteiger partial charge is 0.359 e. The number of benzene rings is 2. The average molecular weight is 379 g/mol. The van der Waals surface area contributed by atoms with Crippen LogP contribution in [0.25, 0.3) is 10.8 Å². The molecule has 2 aromatic carbocycles. The number of esters is 1. The first kappa shape index (κ1) is 19.3. The van der Waals surface area contributed by atoms with Gasteiger partial charge in [0.15, 0.2) is 12.3 Å². The zero-order valence-corrected chi connectivity index (χ0v) is 15.7. The molecule has 0 saturated heterocycles. The van der Waals surface area contributed by atoms with Gasteiger partial charge in [0.2, 0.25) is 0 Å². The molecule has 1 heterocycles. The number of nitrogens with zero attached hydrogens (tertiary/aromatic N) is 2. The number of hydrogen-bond donors (Lipinski definition) is 1. The second-order valence-electron chi connectivity index (χ2n) is 6.29.